The lowest BCUT2D eigenvalue weighted by molar-refractivity contribution is 1.09. The molecule has 0 aliphatic heterocycles. The minimum absolute atomic E-state index is 0.378. The predicted octanol–water partition coefficient (Wildman–Crippen LogP) is 13.9. The van der Waals surface area contributed by atoms with Gasteiger partial charge in [-0.2, -0.15) is 5.26 Å². The van der Waals surface area contributed by atoms with Crippen molar-refractivity contribution in [1.82, 2.24) is 19.1 Å². The zero-order valence-electron chi connectivity index (χ0n) is 31.8. The van der Waals surface area contributed by atoms with Crippen LogP contribution in [-0.4, -0.2) is 19.1 Å². The molecule has 0 atom stereocenters. The van der Waals surface area contributed by atoms with E-state index in [-0.39, 0.29) is 0 Å². The molecule has 13 rings (SSSR count). The van der Waals surface area contributed by atoms with Gasteiger partial charge in [0.15, 0.2) is 0 Å². The van der Waals surface area contributed by atoms with Crippen LogP contribution in [0.15, 0.2) is 170 Å². The van der Waals surface area contributed by atoms with Gasteiger partial charge in [-0.05, 0) is 78.5 Å². The fourth-order valence-electron chi connectivity index (χ4n) is 10.3. The number of rotatable bonds is 4. The van der Waals surface area contributed by atoms with Crippen LogP contribution in [0.5, 0.6) is 0 Å². The highest BCUT2D eigenvalue weighted by molar-refractivity contribution is 6.35. The molecule has 0 saturated heterocycles. The fourth-order valence-corrected chi connectivity index (χ4v) is 10.3. The Hall–Kier alpha value is -8.58. The molecule has 0 aliphatic carbocycles. The minimum Gasteiger partial charge on any atom is -0.318 e. The van der Waals surface area contributed by atoms with Crippen molar-refractivity contribution in [3.05, 3.63) is 187 Å². The first kappa shape index (κ1) is 32.5. The molecule has 0 radical (unpaired) electrons. The lowest BCUT2D eigenvalue weighted by atomic mass is 9.88. The van der Waals surface area contributed by atoms with Gasteiger partial charge in [-0.25, -0.2) is 14.8 Å². The van der Waals surface area contributed by atoms with E-state index in [4.69, 9.17) is 16.5 Å². The van der Waals surface area contributed by atoms with Crippen LogP contribution >= 0.6 is 0 Å². The Morgan fingerprint density at radius 1 is 0.433 bits per heavy atom. The van der Waals surface area contributed by atoms with E-state index in [2.05, 4.69) is 129 Å². The fraction of sp³-hybridized carbons (Fsp3) is 0. The van der Waals surface area contributed by atoms with Crippen molar-refractivity contribution in [2.45, 2.75) is 0 Å². The van der Waals surface area contributed by atoms with Gasteiger partial charge < -0.3 is 4.57 Å². The average Bonchev–Trinajstić information content (AvgIpc) is 3.84. The van der Waals surface area contributed by atoms with Crippen molar-refractivity contribution in [2.75, 3.05) is 0 Å². The van der Waals surface area contributed by atoms with Gasteiger partial charge in [-0.15, -0.1) is 0 Å². The van der Waals surface area contributed by atoms with E-state index in [1.807, 2.05) is 60.9 Å². The number of pyridine rings is 2. The first-order valence-electron chi connectivity index (χ1n) is 19.9. The number of nitrogens with zero attached hydrogens (tertiary/aromatic N) is 6. The monoisotopic (exact) mass is 760 g/mol. The van der Waals surface area contributed by atoms with E-state index in [0.29, 0.717) is 39.5 Å². The van der Waals surface area contributed by atoms with Crippen LogP contribution in [0.2, 0.25) is 0 Å². The van der Waals surface area contributed by atoms with Gasteiger partial charge in [0.05, 0.1) is 34.5 Å². The maximum atomic E-state index is 11.7. The highest BCUT2D eigenvalue weighted by Crippen LogP contribution is 2.54. The second-order valence-electron chi connectivity index (χ2n) is 15.4. The summed E-state index contributed by atoms with van der Waals surface area (Å²) in [5.74, 6) is 0. The van der Waals surface area contributed by atoms with Crippen LogP contribution in [0.25, 0.3) is 125 Å². The Balaban J connectivity index is 1.33. The summed E-state index contributed by atoms with van der Waals surface area (Å²) in [7, 11) is 0. The Kier molecular flexibility index (Phi) is 6.48. The molecule has 0 bridgehead atoms. The number of hydrogen-bond donors (Lipinski definition) is 0. The summed E-state index contributed by atoms with van der Waals surface area (Å²) in [6.07, 6.45) is 3.72. The van der Waals surface area contributed by atoms with Gasteiger partial charge in [0.1, 0.15) is 17.4 Å². The molecule has 4 aromatic heterocycles. The topological polar surface area (TPSA) is 63.8 Å². The van der Waals surface area contributed by atoms with Crippen LogP contribution in [0, 0.1) is 17.9 Å². The molecule has 0 aliphatic rings. The molecule has 0 fully saturated rings. The Morgan fingerprint density at radius 3 is 1.33 bits per heavy atom. The number of benzene rings is 9. The van der Waals surface area contributed by atoms with Crippen LogP contribution < -0.4 is 0 Å². The zero-order valence-corrected chi connectivity index (χ0v) is 31.8. The van der Waals surface area contributed by atoms with Crippen LogP contribution in [0.3, 0.4) is 0 Å². The molecule has 0 N–H and O–H groups in total. The molecular weight excluding hydrogens is 733 g/mol. The smallest absolute Gasteiger partial charge is 0.220 e. The zero-order chi connectivity index (χ0) is 39.6. The number of fused-ring (bicyclic) bond motifs is 6. The summed E-state index contributed by atoms with van der Waals surface area (Å²) in [5.41, 5.74) is 8.43. The van der Waals surface area contributed by atoms with Crippen molar-refractivity contribution < 1.29 is 0 Å². The molecule has 0 spiro atoms. The molecule has 13 aromatic rings. The van der Waals surface area contributed by atoms with Gasteiger partial charge in [-0.1, -0.05) is 133 Å². The Morgan fingerprint density at radius 2 is 0.867 bits per heavy atom. The summed E-state index contributed by atoms with van der Waals surface area (Å²) in [6.45, 7) is 9.14. The molecule has 0 unspecified atom stereocenters. The Bertz CT molecular complexity index is 3620. The molecule has 4 heterocycles. The highest BCUT2D eigenvalue weighted by Gasteiger charge is 2.33. The lowest BCUT2D eigenvalue weighted by Crippen LogP contribution is -2.09. The quantitative estimate of drug-likeness (QED) is 0.133. The standard InChI is InChI=1S/C54H28N6/c1-56-50-44(31-14-4-2-5-15-31)41(30-55)51(60-53-48-39(26-28-57-53)35-20-10-11-21-36(35)40-27-29-58-54(60)49(40)48)45(32-16-6-3-7-17-32)52(50)59-42-24-12-22-37-33-18-8-9-19-34(33)38-23-13-25-43(59)47(38)46(37)42/h2-29H. The van der Waals surface area contributed by atoms with E-state index in [1.54, 1.807) is 0 Å². The molecule has 274 valence electrons. The first-order valence-corrected chi connectivity index (χ1v) is 19.9. The molecular formula is C54H28N6. The SMILES string of the molecule is [C-]#[N+]c1c(-c2ccccc2)c(C#N)c(-n2c3nccc4c5ccccc5c5ccnc2c5c43)c(-c2ccccc2)c1-n1c2cccc3c4ccccc4c4cccc1c4c32. The van der Waals surface area contributed by atoms with E-state index >= 15 is 0 Å². The van der Waals surface area contributed by atoms with E-state index in [1.165, 1.54) is 10.8 Å². The third kappa shape index (κ3) is 4.04. The van der Waals surface area contributed by atoms with Crippen LogP contribution in [0.4, 0.5) is 5.69 Å². The van der Waals surface area contributed by atoms with Gasteiger partial charge in [0, 0.05) is 45.1 Å². The second kappa shape index (κ2) is 12.0. The Labute approximate surface area is 342 Å². The van der Waals surface area contributed by atoms with Crippen molar-refractivity contribution >= 4 is 92.6 Å². The first-order chi connectivity index (χ1) is 29.8. The molecule has 9 aromatic carbocycles. The van der Waals surface area contributed by atoms with E-state index in [9.17, 15) is 5.26 Å². The largest absolute Gasteiger partial charge is 0.318 e. The van der Waals surface area contributed by atoms with Gasteiger partial charge in [0.2, 0.25) is 5.69 Å². The van der Waals surface area contributed by atoms with Gasteiger partial charge in [0.25, 0.3) is 0 Å². The number of hydrogen-bond acceptors (Lipinski definition) is 3. The number of aromatic nitrogens is 4. The van der Waals surface area contributed by atoms with E-state index < -0.39 is 0 Å². The summed E-state index contributed by atoms with van der Waals surface area (Å²) < 4.78 is 4.39. The maximum absolute atomic E-state index is 11.7. The van der Waals surface area contributed by atoms with Gasteiger partial charge >= 0.3 is 0 Å². The van der Waals surface area contributed by atoms with Crippen LogP contribution in [0.1, 0.15) is 5.56 Å². The number of nitriles is 1. The second-order valence-corrected chi connectivity index (χ2v) is 15.4. The summed E-state index contributed by atoms with van der Waals surface area (Å²) in [4.78, 5) is 14.8. The van der Waals surface area contributed by atoms with Crippen molar-refractivity contribution in [1.29, 1.82) is 5.26 Å². The van der Waals surface area contributed by atoms with Crippen molar-refractivity contribution in [3.8, 4) is 39.7 Å². The van der Waals surface area contributed by atoms with Crippen molar-refractivity contribution in [2.24, 2.45) is 0 Å². The summed E-state index contributed by atoms with van der Waals surface area (Å²) >= 11 is 0. The average molecular weight is 761 g/mol. The molecule has 60 heavy (non-hydrogen) atoms. The molecule has 6 nitrogen and oxygen atoms in total. The molecule has 0 saturated carbocycles. The summed E-state index contributed by atoms with van der Waals surface area (Å²) in [6, 6.07) is 57.0. The van der Waals surface area contributed by atoms with Crippen LogP contribution in [-0.2, 0) is 0 Å². The van der Waals surface area contributed by atoms with Crippen molar-refractivity contribution in [3.63, 3.8) is 0 Å². The van der Waals surface area contributed by atoms with Gasteiger partial charge in [-0.3, -0.25) is 4.57 Å². The molecule has 6 heteroatoms. The molecule has 0 amide bonds. The predicted molar refractivity (Wildman–Crippen MR) is 245 cm³/mol. The summed E-state index contributed by atoms with van der Waals surface area (Å²) in [5, 5.41) is 25.0. The van der Waals surface area contributed by atoms with E-state index in [0.717, 1.165) is 81.6 Å². The third-order valence-electron chi connectivity index (χ3n) is 12.6. The third-order valence-corrected chi connectivity index (χ3v) is 12.6. The lowest BCUT2D eigenvalue weighted by Gasteiger charge is -2.25. The minimum atomic E-state index is 0.378. The maximum Gasteiger partial charge on any atom is 0.220 e. The highest BCUT2D eigenvalue weighted by atomic mass is 15.1. The normalized spacial score (nSPS) is 12.0.